The summed E-state index contributed by atoms with van der Waals surface area (Å²) in [6.07, 6.45) is 1.67. The summed E-state index contributed by atoms with van der Waals surface area (Å²) in [7, 11) is 1.22. The first-order valence-corrected chi connectivity index (χ1v) is 7.48. The Morgan fingerprint density at radius 1 is 1.40 bits per heavy atom. The van der Waals surface area contributed by atoms with E-state index in [1.807, 2.05) is 19.1 Å². The van der Waals surface area contributed by atoms with Gasteiger partial charge in [0.05, 0.1) is 12.0 Å². The SMILES string of the molecule is COC(=O)[C@@H](C)N1C(=O)S/C(=C/c2ccc(C)s2)C1=O. The summed E-state index contributed by atoms with van der Waals surface area (Å²) in [6, 6.07) is 2.92. The Kier molecular flexibility index (Phi) is 4.29. The van der Waals surface area contributed by atoms with E-state index in [1.165, 1.54) is 25.4 Å². The van der Waals surface area contributed by atoms with Crippen LogP contribution in [0.15, 0.2) is 17.0 Å². The number of aryl methyl sites for hydroxylation is 1. The molecule has 0 N–H and O–H groups in total. The van der Waals surface area contributed by atoms with E-state index >= 15 is 0 Å². The minimum absolute atomic E-state index is 0.326. The van der Waals surface area contributed by atoms with Crippen LogP contribution in [0.3, 0.4) is 0 Å². The van der Waals surface area contributed by atoms with Gasteiger partial charge in [-0.1, -0.05) is 0 Å². The summed E-state index contributed by atoms with van der Waals surface area (Å²) < 4.78 is 4.57. The first-order chi connectivity index (χ1) is 9.43. The zero-order valence-corrected chi connectivity index (χ0v) is 12.8. The Hall–Kier alpha value is -1.60. The molecule has 1 atom stereocenters. The molecular weight excluding hydrogens is 298 g/mol. The van der Waals surface area contributed by atoms with Gasteiger partial charge in [-0.05, 0) is 43.8 Å². The van der Waals surface area contributed by atoms with Crippen molar-refractivity contribution in [2.45, 2.75) is 19.9 Å². The molecule has 1 fully saturated rings. The molecule has 1 saturated heterocycles. The molecule has 0 aromatic carbocycles. The Balaban J connectivity index is 2.25. The molecule has 2 heterocycles. The molecule has 2 rings (SSSR count). The number of thiophene rings is 1. The number of ether oxygens (including phenoxy) is 1. The molecular formula is C13H13NO4S2. The van der Waals surface area contributed by atoms with E-state index < -0.39 is 23.2 Å². The number of carbonyl (C=O) groups excluding carboxylic acids is 3. The van der Waals surface area contributed by atoms with Crippen LogP contribution in [0.25, 0.3) is 6.08 Å². The third-order valence-corrected chi connectivity index (χ3v) is 4.62. The molecule has 0 aliphatic carbocycles. The summed E-state index contributed by atoms with van der Waals surface area (Å²) in [5.41, 5.74) is 0. The van der Waals surface area contributed by atoms with E-state index in [1.54, 1.807) is 6.08 Å². The van der Waals surface area contributed by atoms with Crippen molar-refractivity contribution in [1.29, 1.82) is 0 Å². The fraction of sp³-hybridized carbons (Fsp3) is 0.308. The number of hydrogen-bond donors (Lipinski definition) is 0. The quantitative estimate of drug-likeness (QED) is 0.634. The Morgan fingerprint density at radius 3 is 2.65 bits per heavy atom. The number of carbonyl (C=O) groups is 3. The predicted molar refractivity (Wildman–Crippen MR) is 78.3 cm³/mol. The van der Waals surface area contributed by atoms with Gasteiger partial charge in [-0.25, -0.2) is 4.79 Å². The Labute approximate surface area is 124 Å². The largest absolute Gasteiger partial charge is 0.467 e. The van der Waals surface area contributed by atoms with Gasteiger partial charge in [0.15, 0.2) is 0 Å². The van der Waals surface area contributed by atoms with Crippen molar-refractivity contribution in [2.24, 2.45) is 0 Å². The van der Waals surface area contributed by atoms with Gasteiger partial charge in [0.2, 0.25) is 0 Å². The molecule has 106 valence electrons. The minimum atomic E-state index is -0.913. The van der Waals surface area contributed by atoms with Crippen LogP contribution in [-0.4, -0.2) is 35.2 Å². The second-order valence-corrected chi connectivity index (χ2v) is 6.51. The molecule has 5 nitrogen and oxygen atoms in total. The van der Waals surface area contributed by atoms with E-state index in [-0.39, 0.29) is 0 Å². The van der Waals surface area contributed by atoms with Crippen LogP contribution in [0.4, 0.5) is 4.79 Å². The fourth-order valence-electron chi connectivity index (χ4n) is 1.75. The summed E-state index contributed by atoms with van der Waals surface area (Å²) in [4.78, 5) is 38.8. The summed E-state index contributed by atoms with van der Waals surface area (Å²) in [5, 5.41) is -0.451. The van der Waals surface area contributed by atoms with E-state index in [2.05, 4.69) is 4.74 Å². The number of esters is 1. The molecule has 1 aliphatic rings. The lowest BCUT2D eigenvalue weighted by molar-refractivity contribution is -0.148. The van der Waals surface area contributed by atoms with Gasteiger partial charge < -0.3 is 4.74 Å². The topological polar surface area (TPSA) is 63.7 Å². The first kappa shape index (κ1) is 14.8. The maximum atomic E-state index is 12.2. The van der Waals surface area contributed by atoms with Gasteiger partial charge in [0, 0.05) is 9.75 Å². The van der Waals surface area contributed by atoms with Crippen LogP contribution in [0.1, 0.15) is 16.7 Å². The fourth-order valence-corrected chi connectivity index (χ4v) is 3.54. The third-order valence-electron chi connectivity index (χ3n) is 2.79. The average Bonchev–Trinajstić information content (AvgIpc) is 2.93. The maximum absolute atomic E-state index is 12.2. The van der Waals surface area contributed by atoms with Crippen molar-refractivity contribution in [3.8, 4) is 0 Å². The number of thioether (sulfide) groups is 1. The number of imide groups is 1. The monoisotopic (exact) mass is 311 g/mol. The summed E-state index contributed by atoms with van der Waals surface area (Å²) in [5.74, 6) is -1.07. The van der Waals surface area contributed by atoms with Gasteiger partial charge in [-0.2, -0.15) is 0 Å². The molecule has 1 aliphatic heterocycles. The van der Waals surface area contributed by atoms with E-state index in [0.717, 1.165) is 26.4 Å². The number of hydrogen-bond acceptors (Lipinski definition) is 6. The molecule has 0 saturated carbocycles. The number of amides is 2. The zero-order valence-electron chi connectivity index (χ0n) is 11.2. The smallest absolute Gasteiger partial charge is 0.328 e. The number of nitrogens with zero attached hydrogens (tertiary/aromatic N) is 1. The number of methoxy groups -OCH3 is 1. The highest BCUT2D eigenvalue weighted by Crippen LogP contribution is 2.34. The van der Waals surface area contributed by atoms with Gasteiger partial charge in [0.25, 0.3) is 11.1 Å². The molecule has 7 heteroatoms. The van der Waals surface area contributed by atoms with Crippen molar-refractivity contribution < 1.29 is 19.1 Å². The molecule has 0 unspecified atom stereocenters. The van der Waals surface area contributed by atoms with Crippen LogP contribution in [-0.2, 0) is 14.3 Å². The lowest BCUT2D eigenvalue weighted by Crippen LogP contribution is -2.42. The summed E-state index contributed by atoms with van der Waals surface area (Å²) >= 11 is 2.37. The number of rotatable bonds is 3. The second-order valence-electron chi connectivity index (χ2n) is 4.20. The molecule has 2 amide bonds. The van der Waals surface area contributed by atoms with Crippen LogP contribution >= 0.6 is 23.1 Å². The second kappa shape index (κ2) is 5.80. The van der Waals surface area contributed by atoms with Crippen molar-refractivity contribution in [3.05, 3.63) is 26.8 Å². The van der Waals surface area contributed by atoms with E-state index in [0.29, 0.717) is 4.91 Å². The van der Waals surface area contributed by atoms with Crippen molar-refractivity contribution in [1.82, 2.24) is 4.90 Å². The van der Waals surface area contributed by atoms with Crippen molar-refractivity contribution in [2.75, 3.05) is 7.11 Å². The van der Waals surface area contributed by atoms with Crippen molar-refractivity contribution >= 4 is 46.3 Å². The van der Waals surface area contributed by atoms with E-state index in [4.69, 9.17) is 0 Å². The minimum Gasteiger partial charge on any atom is -0.467 e. The molecule has 0 spiro atoms. The van der Waals surface area contributed by atoms with Crippen LogP contribution in [0.2, 0.25) is 0 Å². The normalized spacial score (nSPS) is 18.8. The lowest BCUT2D eigenvalue weighted by atomic mass is 10.3. The van der Waals surface area contributed by atoms with Crippen LogP contribution < -0.4 is 0 Å². The molecule has 1 aromatic heterocycles. The van der Waals surface area contributed by atoms with Gasteiger partial charge >= 0.3 is 5.97 Å². The maximum Gasteiger partial charge on any atom is 0.328 e. The Bertz CT molecular complexity index is 605. The van der Waals surface area contributed by atoms with E-state index in [9.17, 15) is 14.4 Å². The molecule has 1 aromatic rings. The zero-order chi connectivity index (χ0) is 14.9. The summed E-state index contributed by atoms with van der Waals surface area (Å²) in [6.45, 7) is 3.44. The lowest BCUT2D eigenvalue weighted by Gasteiger charge is -2.18. The molecule has 0 bridgehead atoms. The average molecular weight is 311 g/mol. The van der Waals surface area contributed by atoms with Gasteiger partial charge in [-0.3, -0.25) is 14.5 Å². The highest BCUT2D eigenvalue weighted by Gasteiger charge is 2.41. The first-order valence-electron chi connectivity index (χ1n) is 5.85. The van der Waals surface area contributed by atoms with Crippen LogP contribution in [0, 0.1) is 6.92 Å². The van der Waals surface area contributed by atoms with Crippen LogP contribution in [0.5, 0.6) is 0 Å². The highest BCUT2D eigenvalue weighted by molar-refractivity contribution is 8.18. The van der Waals surface area contributed by atoms with Gasteiger partial charge in [-0.15, -0.1) is 11.3 Å². The predicted octanol–water partition coefficient (Wildman–Crippen LogP) is 2.65. The van der Waals surface area contributed by atoms with Crippen molar-refractivity contribution in [3.63, 3.8) is 0 Å². The highest BCUT2D eigenvalue weighted by atomic mass is 32.2. The molecule has 0 radical (unpaired) electrons. The van der Waals surface area contributed by atoms with Gasteiger partial charge in [0.1, 0.15) is 6.04 Å². The Morgan fingerprint density at radius 2 is 2.10 bits per heavy atom. The third kappa shape index (κ3) is 2.78. The molecule has 20 heavy (non-hydrogen) atoms. The standard InChI is InChI=1S/C13H13NO4S2/c1-7-4-5-9(19-7)6-10-11(15)14(13(17)20-10)8(2)12(16)18-3/h4-6,8H,1-3H3/b10-6+/t8-/m1/s1.